The van der Waals surface area contributed by atoms with Crippen LogP contribution in [-0.2, 0) is 16.0 Å². The zero-order valence-corrected chi connectivity index (χ0v) is 26.6. The van der Waals surface area contributed by atoms with E-state index in [1.807, 2.05) is 5.32 Å². The Morgan fingerprint density at radius 1 is 1.00 bits per heavy atom. The van der Waals surface area contributed by atoms with Crippen LogP contribution in [0, 0.1) is 18.8 Å². The van der Waals surface area contributed by atoms with E-state index in [2.05, 4.69) is 15.0 Å². The van der Waals surface area contributed by atoms with Gasteiger partial charge in [0.15, 0.2) is 0 Å². The van der Waals surface area contributed by atoms with Crippen molar-refractivity contribution < 1.29 is 27.6 Å². The minimum atomic E-state index is -4.58. The number of halogens is 3. The summed E-state index contributed by atoms with van der Waals surface area (Å²) in [6, 6.07) is 12.1. The topological polar surface area (TPSA) is 180 Å². The van der Waals surface area contributed by atoms with Gasteiger partial charge in [0.2, 0.25) is 11.8 Å². The summed E-state index contributed by atoms with van der Waals surface area (Å²) in [6.45, 7) is 3.06. The molecule has 2 atom stereocenters. The van der Waals surface area contributed by atoms with Crippen LogP contribution in [0.1, 0.15) is 54.4 Å². The van der Waals surface area contributed by atoms with E-state index in [1.165, 1.54) is 11.0 Å². The second kappa shape index (κ2) is 14.0. The highest BCUT2D eigenvalue weighted by Crippen LogP contribution is 2.33. The molecule has 1 aliphatic carbocycles. The van der Waals surface area contributed by atoms with Crippen molar-refractivity contribution in [2.45, 2.75) is 64.2 Å². The average molecular weight is 666 g/mol. The molecular weight excluding hydrogens is 627 g/mol. The van der Waals surface area contributed by atoms with Crippen LogP contribution in [0.5, 0.6) is 0 Å². The fourth-order valence-corrected chi connectivity index (χ4v) is 6.18. The summed E-state index contributed by atoms with van der Waals surface area (Å²) < 4.78 is 38.7. The van der Waals surface area contributed by atoms with Gasteiger partial charge in [0.25, 0.3) is 5.91 Å². The average Bonchev–Trinajstić information content (AvgIpc) is 3.43. The number of pyridine rings is 1. The zero-order chi connectivity index (χ0) is 34.7. The molecule has 0 aliphatic heterocycles. The quantitative estimate of drug-likeness (QED) is 0.170. The number of nitrogens with zero attached hydrogens (tertiary/aromatic N) is 2. The van der Waals surface area contributed by atoms with Gasteiger partial charge in [-0.25, -0.2) is 9.78 Å². The molecule has 254 valence electrons. The van der Waals surface area contributed by atoms with E-state index in [-0.39, 0.29) is 23.9 Å². The first-order valence-corrected chi connectivity index (χ1v) is 15.7. The van der Waals surface area contributed by atoms with Crippen LogP contribution >= 0.6 is 0 Å². The Bertz CT molecular complexity index is 1860. The number of aromatic nitrogens is 3. The highest BCUT2D eigenvalue weighted by molar-refractivity contribution is 6.02. The maximum Gasteiger partial charge on any atom is 0.408 e. The number of nitrogens with one attached hydrogen (secondary N) is 3. The summed E-state index contributed by atoms with van der Waals surface area (Å²) in [5.41, 5.74) is 15.3. The number of carbonyl (C=O) groups excluding carboxylic acids is 3. The van der Waals surface area contributed by atoms with E-state index in [0.717, 1.165) is 25.3 Å². The molecule has 4 aromatic rings. The predicted molar refractivity (Wildman–Crippen MR) is 175 cm³/mol. The molecule has 48 heavy (non-hydrogen) atoms. The zero-order valence-electron chi connectivity index (χ0n) is 26.6. The summed E-state index contributed by atoms with van der Waals surface area (Å²) in [7, 11) is 0. The van der Waals surface area contributed by atoms with E-state index in [4.69, 9.17) is 11.5 Å². The van der Waals surface area contributed by atoms with Crippen molar-refractivity contribution in [3.63, 3.8) is 0 Å². The fraction of sp³-hybridized carbons (Fsp3) is 0.382. The van der Waals surface area contributed by atoms with Crippen LogP contribution < -0.4 is 27.4 Å². The van der Waals surface area contributed by atoms with Crippen LogP contribution in [0.25, 0.3) is 22.2 Å². The normalized spacial score (nSPS) is 17.9. The van der Waals surface area contributed by atoms with Gasteiger partial charge in [-0.15, -0.1) is 0 Å². The van der Waals surface area contributed by atoms with Crippen LogP contribution in [0.3, 0.4) is 0 Å². The Kier molecular flexibility index (Phi) is 10.0. The third-order valence-electron chi connectivity index (χ3n) is 9.04. The van der Waals surface area contributed by atoms with E-state index in [9.17, 15) is 32.3 Å². The largest absolute Gasteiger partial charge is 0.408 e. The number of imidazole rings is 1. The van der Waals surface area contributed by atoms with Crippen LogP contribution in [0.4, 0.5) is 18.9 Å². The maximum atomic E-state index is 14.1. The minimum Gasteiger partial charge on any atom is -0.368 e. The van der Waals surface area contributed by atoms with E-state index in [1.54, 1.807) is 55.5 Å². The van der Waals surface area contributed by atoms with Gasteiger partial charge in [0.1, 0.15) is 17.8 Å². The van der Waals surface area contributed by atoms with Crippen LogP contribution in [0.2, 0.25) is 0 Å². The third-order valence-corrected chi connectivity index (χ3v) is 9.04. The highest BCUT2D eigenvalue weighted by Gasteiger charge is 2.38. The van der Waals surface area contributed by atoms with Crippen LogP contribution in [-0.4, -0.2) is 57.5 Å². The molecule has 1 saturated carbocycles. The van der Waals surface area contributed by atoms with Gasteiger partial charge >= 0.3 is 11.9 Å². The van der Waals surface area contributed by atoms with Gasteiger partial charge in [-0.05, 0) is 87.4 Å². The summed E-state index contributed by atoms with van der Waals surface area (Å²) >= 11 is 0. The molecule has 2 aromatic heterocycles. The second-order valence-electron chi connectivity index (χ2n) is 12.4. The van der Waals surface area contributed by atoms with Crippen molar-refractivity contribution in [2.75, 3.05) is 11.4 Å². The molecular formula is C34H38F3N7O4. The molecule has 1 aliphatic rings. The molecule has 1 unspecified atom stereocenters. The SMILES string of the molecule is Cc1nc(C(=O)NC(C)C(F)(F)F)ccc1-c1ccc(C[C@@H](C(N)=O)N(C(=O)C2CCC(CN)CC2)c2ccc3[nH]c(=O)[nH]c3c2)cc1. The summed E-state index contributed by atoms with van der Waals surface area (Å²) in [6.07, 6.45) is -1.59. The van der Waals surface area contributed by atoms with Crippen LogP contribution in [0.15, 0.2) is 59.4 Å². The Labute approximate surface area is 274 Å². The summed E-state index contributed by atoms with van der Waals surface area (Å²) in [4.78, 5) is 62.5. The number of aryl methyl sites for hydroxylation is 1. The third kappa shape index (κ3) is 7.59. The molecule has 11 nitrogen and oxygen atoms in total. The molecule has 3 amide bonds. The number of benzene rings is 2. The van der Waals surface area contributed by atoms with Crippen molar-refractivity contribution in [3.8, 4) is 11.1 Å². The first-order chi connectivity index (χ1) is 22.7. The lowest BCUT2D eigenvalue weighted by molar-refractivity contribution is -0.149. The number of nitrogens with two attached hydrogens (primary N) is 2. The number of amides is 3. The fourth-order valence-electron chi connectivity index (χ4n) is 6.18. The Morgan fingerprint density at radius 2 is 1.67 bits per heavy atom. The van der Waals surface area contributed by atoms with E-state index in [0.29, 0.717) is 58.8 Å². The van der Waals surface area contributed by atoms with Gasteiger partial charge in [-0.3, -0.25) is 19.3 Å². The lowest BCUT2D eigenvalue weighted by Gasteiger charge is -2.35. The molecule has 7 N–H and O–H groups in total. The van der Waals surface area contributed by atoms with Crippen molar-refractivity contribution in [1.29, 1.82) is 0 Å². The Hall–Kier alpha value is -4.98. The van der Waals surface area contributed by atoms with Crippen molar-refractivity contribution in [2.24, 2.45) is 23.3 Å². The van der Waals surface area contributed by atoms with E-state index < -0.39 is 35.8 Å². The molecule has 0 bridgehead atoms. The van der Waals surface area contributed by atoms with E-state index >= 15 is 0 Å². The molecule has 2 aromatic carbocycles. The monoisotopic (exact) mass is 665 g/mol. The summed E-state index contributed by atoms with van der Waals surface area (Å²) in [5, 5.41) is 1.91. The first kappa shape index (κ1) is 34.4. The number of hydrogen-bond acceptors (Lipinski definition) is 6. The lowest BCUT2D eigenvalue weighted by atomic mass is 9.81. The number of primary amides is 1. The molecule has 1 fully saturated rings. The number of hydrogen-bond donors (Lipinski definition) is 5. The summed E-state index contributed by atoms with van der Waals surface area (Å²) in [5.74, 6) is -1.83. The molecule has 2 heterocycles. The maximum absolute atomic E-state index is 14.1. The molecule has 0 radical (unpaired) electrons. The number of alkyl halides is 3. The standard InChI is InChI=1S/C34H38F3N7O4/c1-18-25(12-14-27(40-18)31(46)41-19(2)34(35,36)37)22-7-3-20(4-8-22)15-29(30(39)45)44(32(47)23-9-5-21(17-38)6-10-23)24-11-13-26-28(16-24)43-33(48)42-26/h3-4,7-8,11-14,16,19,21,23,29H,5-6,9-10,15,17,38H2,1-2H3,(H2,39,45)(H,41,46)(H2,42,43,48)/t19?,21?,23?,29-/m0/s1. The van der Waals surface area contributed by atoms with Gasteiger partial charge in [0.05, 0.1) is 11.0 Å². The van der Waals surface area contributed by atoms with Gasteiger partial charge in [-0.1, -0.05) is 30.3 Å². The van der Waals surface area contributed by atoms with Crippen molar-refractivity contribution >= 4 is 34.4 Å². The number of carbonyl (C=O) groups is 3. The van der Waals surface area contributed by atoms with Crippen molar-refractivity contribution in [3.05, 3.63) is 82.0 Å². The lowest BCUT2D eigenvalue weighted by Crippen LogP contribution is -2.52. The molecule has 5 rings (SSSR count). The van der Waals surface area contributed by atoms with Gasteiger partial charge < -0.3 is 26.8 Å². The van der Waals surface area contributed by atoms with Crippen molar-refractivity contribution in [1.82, 2.24) is 20.3 Å². The minimum absolute atomic E-state index is 0.106. The number of fused-ring (bicyclic) bond motifs is 1. The predicted octanol–water partition coefficient (Wildman–Crippen LogP) is 4.10. The number of rotatable bonds is 10. The molecule has 14 heteroatoms. The number of aromatic amines is 2. The smallest absolute Gasteiger partial charge is 0.368 e. The Balaban J connectivity index is 1.40. The Morgan fingerprint density at radius 3 is 2.27 bits per heavy atom. The molecule has 0 saturated heterocycles. The highest BCUT2D eigenvalue weighted by atomic mass is 19.4. The first-order valence-electron chi connectivity index (χ1n) is 15.7. The van der Waals surface area contributed by atoms with Gasteiger partial charge in [-0.2, -0.15) is 13.2 Å². The number of H-pyrrole nitrogens is 2. The van der Waals surface area contributed by atoms with Gasteiger partial charge in [0, 0.05) is 29.3 Å². The number of anilines is 1. The second-order valence-corrected chi connectivity index (χ2v) is 12.4. The molecule has 0 spiro atoms.